The fourth-order valence-corrected chi connectivity index (χ4v) is 7.77. The van der Waals surface area contributed by atoms with E-state index in [1.165, 1.54) is 0 Å². The molecule has 2 fully saturated rings. The Morgan fingerprint density at radius 2 is 1.62 bits per heavy atom. The van der Waals surface area contributed by atoms with Gasteiger partial charge in [-0.2, -0.15) is 0 Å². The summed E-state index contributed by atoms with van der Waals surface area (Å²) < 4.78 is 35.9. The van der Waals surface area contributed by atoms with E-state index < -0.39 is 31.5 Å². The molecule has 1 N–H and O–H groups in total. The number of piperazine rings is 1. The van der Waals surface area contributed by atoms with Crippen LogP contribution in [0.1, 0.15) is 62.1 Å². The highest BCUT2D eigenvalue weighted by atomic mass is 31.2. The maximum absolute atomic E-state index is 14.4. The van der Waals surface area contributed by atoms with Crippen LogP contribution >= 0.6 is 7.60 Å². The molecule has 2 aliphatic heterocycles. The minimum Gasteiger partial charge on any atom is -0.449 e. The van der Waals surface area contributed by atoms with E-state index in [2.05, 4.69) is 15.2 Å². The number of nitrogens with one attached hydrogen (secondary N) is 1. The highest BCUT2D eigenvalue weighted by Crippen LogP contribution is 2.47. The fraction of sp³-hybridized carbons (Fsp3) is 0.486. The number of hydrogen-bond donors (Lipinski definition) is 1. The molecular formula is C37H49N6O8P. The average Bonchev–Trinajstić information content (AvgIpc) is 3.67. The normalized spacial score (nSPS) is 16.8. The second-order valence-corrected chi connectivity index (χ2v) is 14.5. The summed E-state index contributed by atoms with van der Waals surface area (Å²) in [6, 6.07) is 16.3. The number of nitrogens with zero attached hydrogens (tertiary/aromatic N) is 5. The number of methoxy groups -OCH3 is 1. The van der Waals surface area contributed by atoms with Crippen LogP contribution in [0.25, 0.3) is 11.4 Å². The molecule has 5 rings (SSSR count). The average molecular weight is 737 g/mol. The molecule has 14 nitrogen and oxygen atoms in total. The first-order valence-electron chi connectivity index (χ1n) is 17.9. The maximum atomic E-state index is 14.4. The van der Waals surface area contributed by atoms with Gasteiger partial charge in [-0.1, -0.05) is 55.8 Å². The molecule has 52 heavy (non-hydrogen) atoms. The van der Waals surface area contributed by atoms with Crippen LogP contribution < -0.4 is 15.5 Å². The first-order valence-corrected chi connectivity index (χ1v) is 19.5. The molecule has 2 aromatic carbocycles. The van der Waals surface area contributed by atoms with Crippen molar-refractivity contribution in [3.63, 3.8) is 0 Å². The van der Waals surface area contributed by atoms with Crippen LogP contribution in [-0.2, 0) is 27.9 Å². The van der Waals surface area contributed by atoms with Gasteiger partial charge in [0, 0.05) is 58.0 Å². The zero-order valence-electron chi connectivity index (χ0n) is 30.4. The van der Waals surface area contributed by atoms with Crippen molar-refractivity contribution in [1.29, 1.82) is 0 Å². The summed E-state index contributed by atoms with van der Waals surface area (Å²) in [5, 5.41) is 3.20. The van der Waals surface area contributed by atoms with Crippen molar-refractivity contribution in [3.05, 3.63) is 71.9 Å². The Morgan fingerprint density at radius 1 is 0.904 bits per heavy atom. The van der Waals surface area contributed by atoms with Gasteiger partial charge in [0.15, 0.2) is 5.82 Å². The third-order valence-corrected chi connectivity index (χ3v) is 11.1. The van der Waals surface area contributed by atoms with Crippen LogP contribution in [0, 0.1) is 0 Å². The second-order valence-electron chi connectivity index (χ2n) is 12.5. The lowest BCUT2D eigenvalue weighted by Crippen LogP contribution is -2.53. The van der Waals surface area contributed by atoms with Crippen molar-refractivity contribution in [1.82, 2.24) is 25.1 Å². The van der Waals surface area contributed by atoms with Crippen LogP contribution in [0.3, 0.4) is 0 Å². The number of ether oxygens (including phenoxy) is 2. The summed E-state index contributed by atoms with van der Waals surface area (Å²) in [6.07, 6.45) is 2.11. The molecule has 2 aliphatic rings. The van der Waals surface area contributed by atoms with Crippen molar-refractivity contribution in [2.45, 2.75) is 52.2 Å². The predicted octanol–water partition coefficient (Wildman–Crippen LogP) is 4.81. The van der Waals surface area contributed by atoms with Crippen molar-refractivity contribution in [3.8, 4) is 11.4 Å². The van der Waals surface area contributed by atoms with Gasteiger partial charge in [-0.3, -0.25) is 14.2 Å². The molecule has 0 radical (unpaired) electrons. The van der Waals surface area contributed by atoms with Crippen molar-refractivity contribution in [2.75, 3.05) is 71.1 Å². The zero-order valence-corrected chi connectivity index (χ0v) is 31.3. The Bertz CT molecular complexity index is 1710. The van der Waals surface area contributed by atoms with Gasteiger partial charge >= 0.3 is 13.7 Å². The molecule has 15 heteroatoms. The molecule has 2 unspecified atom stereocenters. The highest BCUT2D eigenvalue weighted by molar-refractivity contribution is 7.62. The summed E-state index contributed by atoms with van der Waals surface area (Å²) in [5.74, 6) is -0.0553. The molecule has 2 saturated heterocycles. The second kappa shape index (κ2) is 18.4. The van der Waals surface area contributed by atoms with Crippen molar-refractivity contribution >= 4 is 36.6 Å². The van der Waals surface area contributed by atoms with E-state index in [-0.39, 0.29) is 56.5 Å². The SMILES string of the molecule is CCCCOC(=O)N1CCN(C(=O)C(NC(=O)c2cc(N3CCC(OC)C3)nc(-c3ccccc3)n2)c2cccc(P(=O)(OCC)OCC)c2)CC1. The number of rotatable bonds is 15. The standard InChI is InChI=1S/C37H49N6O8P/c1-5-8-23-49-37(46)42-21-19-41(20-22-42)36(45)33(28-15-12-16-30(24-28)52(47,50-6-2)51-7-3)40-35(44)31-25-32(43-18-17-29(26-43)48-4)39-34(38-31)27-13-10-9-11-14-27/h9-16,24-25,29,33H,5-8,17-23,26H2,1-4H3,(H,40,44). The third-order valence-electron chi connectivity index (χ3n) is 8.99. The van der Waals surface area contributed by atoms with Gasteiger partial charge in [-0.25, -0.2) is 14.8 Å². The van der Waals surface area contributed by atoms with Crippen molar-refractivity contribution < 1.29 is 37.5 Å². The topological polar surface area (TPSA) is 153 Å². The Hall–Kier alpha value is -4.36. The van der Waals surface area contributed by atoms with Crippen LogP contribution in [0.2, 0.25) is 0 Å². The lowest BCUT2D eigenvalue weighted by atomic mass is 10.0. The fourth-order valence-electron chi connectivity index (χ4n) is 6.14. The molecule has 3 aromatic rings. The van der Waals surface area contributed by atoms with E-state index in [0.29, 0.717) is 36.9 Å². The third kappa shape index (κ3) is 9.54. The molecule has 3 amide bonds. The van der Waals surface area contributed by atoms with Crippen molar-refractivity contribution in [2.24, 2.45) is 0 Å². The largest absolute Gasteiger partial charge is 0.449 e. The summed E-state index contributed by atoms with van der Waals surface area (Å²) in [6.45, 7) is 8.40. The lowest BCUT2D eigenvalue weighted by molar-refractivity contribution is -0.135. The number of hydrogen-bond acceptors (Lipinski definition) is 11. The molecule has 0 spiro atoms. The van der Waals surface area contributed by atoms with Gasteiger partial charge in [-0.15, -0.1) is 0 Å². The highest BCUT2D eigenvalue weighted by Gasteiger charge is 2.34. The predicted molar refractivity (Wildman–Crippen MR) is 197 cm³/mol. The van der Waals surface area contributed by atoms with E-state index in [9.17, 15) is 18.9 Å². The quantitative estimate of drug-likeness (QED) is 0.169. The summed E-state index contributed by atoms with van der Waals surface area (Å²) >= 11 is 0. The molecule has 0 bridgehead atoms. The Balaban J connectivity index is 1.47. The summed E-state index contributed by atoms with van der Waals surface area (Å²) in [4.78, 5) is 55.9. The van der Waals surface area contributed by atoms with Gasteiger partial charge in [0.25, 0.3) is 5.91 Å². The first kappa shape index (κ1) is 38.9. The maximum Gasteiger partial charge on any atom is 0.409 e. The van der Waals surface area contributed by atoms with Gasteiger partial charge < -0.3 is 38.5 Å². The number of amides is 3. The molecule has 3 heterocycles. The van der Waals surface area contributed by atoms with E-state index in [1.807, 2.05) is 37.3 Å². The van der Waals surface area contributed by atoms with Gasteiger partial charge in [0.05, 0.1) is 31.2 Å². The molecular weight excluding hydrogens is 687 g/mol. The van der Waals surface area contributed by atoms with E-state index >= 15 is 0 Å². The van der Waals surface area contributed by atoms with Gasteiger partial charge in [-0.05, 0) is 44.4 Å². The van der Waals surface area contributed by atoms with E-state index in [4.69, 9.17) is 23.5 Å². The Labute approximate surface area is 305 Å². The number of aromatic nitrogens is 2. The Morgan fingerprint density at radius 3 is 2.27 bits per heavy atom. The summed E-state index contributed by atoms with van der Waals surface area (Å²) in [5.41, 5.74) is 1.19. The Kier molecular flexibility index (Phi) is 13.8. The van der Waals surface area contributed by atoms with Crippen LogP contribution in [-0.4, -0.2) is 110 Å². The number of carbonyl (C=O) groups excluding carboxylic acids is 3. The summed E-state index contributed by atoms with van der Waals surface area (Å²) in [7, 11) is -2.05. The molecule has 0 saturated carbocycles. The monoisotopic (exact) mass is 736 g/mol. The number of unbranched alkanes of at least 4 members (excludes halogenated alkanes) is 1. The van der Waals surface area contributed by atoms with Gasteiger partial charge in [0.2, 0.25) is 5.91 Å². The molecule has 280 valence electrons. The first-order chi connectivity index (χ1) is 25.2. The smallest absolute Gasteiger partial charge is 0.409 e. The van der Waals surface area contributed by atoms with E-state index in [1.54, 1.807) is 61.1 Å². The minimum atomic E-state index is -3.72. The molecule has 0 aliphatic carbocycles. The molecule has 2 atom stereocenters. The zero-order chi connectivity index (χ0) is 37.1. The minimum absolute atomic E-state index is 0.0321. The number of carbonyl (C=O) groups is 3. The lowest BCUT2D eigenvalue weighted by Gasteiger charge is -2.36. The number of anilines is 1. The van der Waals surface area contributed by atoms with Crippen LogP contribution in [0.4, 0.5) is 10.6 Å². The number of benzene rings is 2. The van der Waals surface area contributed by atoms with Crippen LogP contribution in [0.15, 0.2) is 60.7 Å². The molecule has 1 aromatic heterocycles. The van der Waals surface area contributed by atoms with E-state index in [0.717, 1.165) is 24.8 Å². The van der Waals surface area contributed by atoms with Crippen LogP contribution in [0.5, 0.6) is 0 Å². The van der Waals surface area contributed by atoms with Gasteiger partial charge in [0.1, 0.15) is 17.6 Å².